The molecule has 0 aromatic carbocycles. The number of aryl methyl sites for hydroxylation is 2. The fourth-order valence-electron chi connectivity index (χ4n) is 2.21. The van der Waals surface area contributed by atoms with Gasteiger partial charge >= 0.3 is 0 Å². The molecule has 21 heavy (non-hydrogen) atoms. The van der Waals surface area contributed by atoms with Gasteiger partial charge in [0.15, 0.2) is 5.75 Å². The van der Waals surface area contributed by atoms with E-state index in [2.05, 4.69) is 22.2 Å². The number of ether oxygens (including phenoxy) is 1. The first-order valence-corrected chi connectivity index (χ1v) is 7.58. The topological polar surface area (TPSA) is 47.0 Å². The molecule has 2 heterocycles. The zero-order valence-electron chi connectivity index (χ0n) is 12.6. The Hall–Kier alpha value is -1.94. The van der Waals surface area contributed by atoms with E-state index in [9.17, 15) is 0 Å². The lowest BCUT2D eigenvalue weighted by atomic mass is 10.2. The highest BCUT2D eigenvalue weighted by atomic mass is 16.5. The summed E-state index contributed by atoms with van der Waals surface area (Å²) in [6.45, 7) is 4.87. The van der Waals surface area contributed by atoms with Crippen LogP contribution in [0.5, 0.6) is 11.6 Å². The van der Waals surface area contributed by atoms with E-state index in [0.717, 1.165) is 35.8 Å². The van der Waals surface area contributed by atoms with Crippen molar-refractivity contribution in [3.05, 3.63) is 47.4 Å². The minimum atomic E-state index is 0.630. The number of hydrogen-bond donors (Lipinski definition) is 1. The summed E-state index contributed by atoms with van der Waals surface area (Å²) in [4.78, 5) is 9.07. The van der Waals surface area contributed by atoms with Crippen LogP contribution in [0.25, 0.3) is 0 Å². The number of rotatable bonds is 6. The lowest BCUT2D eigenvalue weighted by Gasteiger charge is -2.10. The van der Waals surface area contributed by atoms with Crippen molar-refractivity contribution in [3.63, 3.8) is 0 Å². The minimum Gasteiger partial charge on any atom is -0.437 e. The molecule has 0 unspecified atom stereocenters. The second-order valence-corrected chi connectivity index (χ2v) is 5.48. The molecule has 0 spiro atoms. The molecular formula is C17H21N3O. The van der Waals surface area contributed by atoms with Gasteiger partial charge in [-0.2, -0.15) is 0 Å². The maximum Gasteiger partial charge on any atom is 0.219 e. The average Bonchev–Trinajstić information content (AvgIpc) is 3.32. The van der Waals surface area contributed by atoms with Crippen molar-refractivity contribution < 1.29 is 4.74 Å². The molecule has 0 radical (unpaired) electrons. The van der Waals surface area contributed by atoms with Gasteiger partial charge in [-0.05, 0) is 44.4 Å². The SMILES string of the molecule is CCc1nc(C)ccc1Oc1cccc(CNC2CC2)n1. The first kappa shape index (κ1) is 14.0. The molecule has 110 valence electrons. The molecule has 1 fully saturated rings. The van der Waals surface area contributed by atoms with E-state index in [1.54, 1.807) is 0 Å². The van der Waals surface area contributed by atoms with Crippen LogP contribution < -0.4 is 10.1 Å². The Morgan fingerprint density at radius 1 is 1.19 bits per heavy atom. The molecule has 2 aromatic rings. The lowest BCUT2D eigenvalue weighted by molar-refractivity contribution is 0.451. The Labute approximate surface area is 125 Å². The van der Waals surface area contributed by atoms with Gasteiger partial charge in [0.25, 0.3) is 0 Å². The van der Waals surface area contributed by atoms with Gasteiger partial charge in [-0.1, -0.05) is 13.0 Å². The number of nitrogens with zero attached hydrogens (tertiary/aromatic N) is 2. The average molecular weight is 283 g/mol. The van der Waals surface area contributed by atoms with Gasteiger partial charge in [0.2, 0.25) is 5.88 Å². The van der Waals surface area contributed by atoms with E-state index < -0.39 is 0 Å². The standard InChI is InChI=1S/C17H21N3O/c1-3-15-16(10-7-12(2)19-15)21-17-6-4-5-14(20-17)11-18-13-8-9-13/h4-7,10,13,18H,3,8-9,11H2,1-2H3. The highest BCUT2D eigenvalue weighted by Crippen LogP contribution is 2.24. The maximum atomic E-state index is 5.92. The molecule has 1 aliphatic carbocycles. The first-order chi connectivity index (χ1) is 10.2. The lowest BCUT2D eigenvalue weighted by Crippen LogP contribution is -2.16. The second-order valence-electron chi connectivity index (χ2n) is 5.48. The molecule has 4 heteroatoms. The van der Waals surface area contributed by atoms with Gasteiger partial charge in [-0.15, -0.1) is 0 Å². The summed E-state index contributed by atoms with van der Waals surface area (Å²) in [5.41, 5.74) is 2.99. The molecule has 3 rings (SSSR count). The molecule has 0 saturated heterocycles. The van der Waals surface area contributed by atoms with E-state index in [1.165, 1.54) is 12.8 Å². The smallest absolute Gasteiger partial charge is 0.219 e. The van der Waals surface area contributed by atoms with Crippen LogP contribution in [0.1, 0.15) is 36.8 Å². The van der Waals surface area contributed by atoms with Crippen molar-refractivity contribution >= 4 is 0 Å². The van der Waals surface area contributed by atoms with Crippen LogP contribution in [0, 0.1) is 6.92 Å². The molecule has 0 atom stereocenters. The predicted octanol–water partition coefficient (Wildman–Crippen LogP) is 3.39. The normalized spacial score (nSPS) is 14.2. The summed E-state index contributed by atoms with van der Waals surface area (Å²) < 4.78 is 5.92. The highest BCUT2D eigenvalue weighted by Gasteiger charge is 2.20. The van der Waals surface area contributed by atoms with Crippen LogP contribution in [0.3, 0.4) is 0 Å². The fourth-order valence-corrected chi connectivity index (χ4v) is 2.21. The maximum absolute atomic E-state index is 5.92. The highest BCUT2D eigenvalue weighted by molar-refractivity contribution is 5.33. The predicted molar refractivity (Wildman–Crippen MR) is 82.5 cm³/mol. The molecule has 1 saturated carbocycles. The van der Waals surface area contributed by atoms with E-state index in [-0.39, 0.29) is 0 Å². The summed E-state index contributed by atoms with van der Waals surface area (Å²) >= 11 is 0. The van der Waals surface area contributed by atoms with Crippen molar-refractivity contribution in [3.8, 4) is 11.6 Å². The van der Waals surface area contributed by atoms with Crippen LogP contribution in [-0.2, 0) is 13.0 Å². The van der Waals surface area contributed by atoms with Gasteiger partial charge in [-0.3, -0.25) is 4.98 Å². The fraction of sp³-hybridized carbons (Fsp3) is 0.412. The van der Waals surface area contributed by atoms with E-state index in [4.69, 9.17) is 4.74 Å². The number of aromatic nitrogens is 2. The third kappa shape index (κ3) is 3.79. The molecular weight excluding hydrogens is 262 g/mol. The molecule has 1 N–H and O–H groups in total. The minimum absolute atomic E-state index is 0.630. The largest absolute Gasteiger partial charge is 0.437 e. The summed E-state index contributed by atoms with van der Waals surface area (Å²) in [6, 6.07) is 10.5. The van der Waals surface area contributed by atoms with Crippen LogP contribution >= 0.6 is 0 Å². The Kier molecular flexibility index (Phi) is 4.15. The third-order valence-electron chi connectivity index (χ3n) is 3.55. The number of nitrogens with one attached hydrogen (secondary N) is 1. The summed E-state index contributed by atoms with van der Waals surface area (Å²) in [7, 11) is 0. The molecule has 0 bridgehead atoms. The first-order valence-electron chi connectivity index (χ1n) is 7.58. The van der Waals surface area contributed by atoms with Crippen LogP contribution in [0.2, 0.25) is 0 Å². The third-order valence-corrected chi connectivity index (χ3v) is 3.55. The van der Waals surface area contributed by atoms with Gasteiger partial charge in [0.05, 0.1) is 11.4 Å². The Balaban J connectivity index is 1.73. The molecule has 0 aliphatic heterocycles. The summed E-state index contributed by atoms with van der Waals surface area (Å²) in [5, 5.41) is 3.46. The number of pyridine rings is 2. The van der Waals surface area contributed by atoms with Crippen molar-refractivity contribution in [2.24, 2.45) is 0 Å². The summed E-state index contributed by atoms with van der Waals surface area (Å²) in [6.07, 6.45) is 3.41. The van der Waals surface area contributed by atoms with E-state index in [0.29, 0.717) is 11.9 Å². The van der Waals surface area contributed by atoms with Gasteiger partial charge in [0, 0.05) is 24.3 Å². The molecule has 2 aromatic heterocycles. The van der Waals surface area contributed by atoms with Crippen LogP contribution in [0.15, 0.2) is 30.3 Å². The van der Waals surface area contributed by atoms with Crippen molar-refractivity contribution in [1.82, 2.24) is 15.3 Å². The summed E-state index contributed by atoms with van der Waals surface area (Å²) in [5.74, 6) is 1.42. The second kappa shape index (κ2) is 6.22. The monoisotopic (exact) mass is 283 g/mol. The van der Waals surface area contributed by atoms with Gasteiger partial charge in [0.1, 0.15) is 0 Å². The van der Waals surface area contributed by atoms with Crippen LogP contribution in [-0.4, -0.2) is 16.0 Å². The Morgan fingerprint density at radius 2 is 2.05 bits per heavy atom. The van der Waals surface area contributed by atoms with E-state index in [1.807, 2.05) is 37.3 Å². The van der Waals surface area contributed by atoms with Gasteiger partial charge < -0.3 is 10.1 Å². The Bertz CT molecular complexity index is 623. The Morgan fingerprint density at radius 3 is 2.81 bits per heavy atom. The quantitative estimate of drug-likeness (QED) is 0.882. The van der Waals surface area contributed by atoms with Crippen LogP contribution in [0.4, 0.5) is 0 Å². The zero-order valence-corrected chi connectivity index (χ0v) is 12.6. The van der Waals surface area contributed by atoms with Crippen molar-refractivity contribution in [2.45, 2.75) is 45.7 Å². The zero-order chi connectivity index (χ0) is 14.7. The molecule has 4 nitrogen and oxygen atoms in total. The van der Waals surface area contributed by atoms with E-state index >= 15 is 0 Å². The molecule has 1 aliphatic rings. The van der Waals surface area contributed by atoms with Gasteiger partial charge in [-0.25, -0.2) is 4.98 Å². The van der Waals surface area contributed by atoms with Crippen molar-refractivity contribution in [2.75, 3.05) is 0 Å². The molecule has 0 amide bonds. The van der Waals surface area contributed by atoms with Crippen molar-refractivity contribution in [1.29, 1.82) is 0 Å². The number of hydrogen-bond acceptors (Lipinski definition) is 4.